The van der Waals surface area contributed by atoms with Crippen molar-refractivity contribution in [1.29, 1.82) is 0 Å². The predicted molar refractivity (Wildman–Crippen MR) is 105 cm³/mol. The number of ketones is 1. The van der Waals surface area contributed by atoms with Crippen molar-refractivity contribution in [2.45, 2.75) is 64.8 Å². The highest BCUT2D eigenvalue weighted by atomic mass is 16.5. The molecule has 0 aromatic heterocycles. The highest BCUT2D eigenvalue weighted by Gasteiger charge is 2.22. The van der Waals surface area contributed by atoms with Crippen LogP contribution in [0.25, 0.3) is 0 Å². The molecule has 0 saturated heterocycles. The van der Waals surface area contributed by atoms with Gasteiger partial charge in [-0.15, -0.1) is 0 Å². The average molecular weight is 374 g/mol. The largest absolute Gasteiger partial charge is 0.483 e. The lowest BCUT2D eigenvalue weighted by Gasteiger charge is -2.31. The molecule has 1 N–H and O–H groups in total. The zero-order valence-electron chi connectivity index (χ0n) is 16.5. The summed E-state index contributed by atoms with van der Waals surface area (Å²) in [6.45, 7) is 3.27. The summed E-state index contributed by atoms with van der Waals surface area (Å²) in [5.74, 6) is 0.00717. The molecule has 0 spiro atoms. The summed E-state index contributed by atoms with van der Waals surface area (Å²) in [7, 11) is 1.82. The first-order chi connectivity index (χ1) is 12.9. The lowest BCUT2D eigenvalue weighted by Crippen LogP contribution is -2.40. The Morgan fingerprint density at radius 1 is 1.19 bits per heavy atom. The van der Waals surface area contributed by atoms with Crippen molar-refractivity contribution >= 4 is 23.3 Å². The minimum absolute atomic E-state index is 0.0864. The van der Waals surface area contributed by atoms with Gasteiger partial charge in [-0.2, -0.15) is 0 Å². The second kappa shape index (κ2) is 10.1. The fraction of sp³-hybridized carbons (Fsp3) is 0.571. The normalized spacial score (nSPS) is 14.5. The van der Waals surface area contributed by atoms with Crippen LogP contribution in [0.4, 0.5) is 5.69 Å². The number of carbonyl (C=O) groups is 3. The van der Waals surface area contributed by atoms with Crippen LogP contribution in [0, 0.1) is 0 Å². The third-order valence-corrected chi connectivity index (χ3v) is 4.99. The van der Waals surface area contributed by atoms with E-state index < -0.39 is 0 Å². The number of rotatable bonds is 8. The number of Topliss-reactive ketones (excluding diaryl/α,β-unsaturated/α-hetero) is 1. The maximum Gasteiger partial charge on any atom is 0.260 e. The van der Waals surface area contributed by atoms with Crippen LogP contribution in [0.1, 0.15) is 69.2 Å². The van der Waals surface area contributed by atoms with Crippen molar-refractivity contribution < 1.29 is 19.1 Å². The van der Waals surface area contributed by atoms with Crippen molar-refractivity contribution in [1.82, 2.24) is 4.90 Å². The molecule has 1 aromatic rings. The molecule has 1 saturated carbocycles. The van der Waals surface area contributed by atoms with E-state index in [0.717, 1.165) is 32.1 Å². The molecular formula is C21H30N2O4. The molecule has 1 aliphatic carbocycles. The average Bonchev–Trinajstić information content (AvgIpc) is 2.66. The fourth-order valence-corrected chi connectivity index (χ4v) is 3.37. The summed E-state index contributed by atoms with van der Waals surface area (Å²) in [6.07, 6.45) is 6.79. The number of likely N-dealkylation sites (N-methyl/N-ethyl adjacent to an activating group) is 1. The Balaban J connectivity index is 2.01. The van der Waals surface area contributed by atoms with E-state index in [1.165, 1.54) is 13.3 Å². The van der Waals surface area contributed by atoms with Gasteiger partial charge in [0.2, 0.25) is 5.91 Å². The number of hydrogen-bond donors (Lipinski definition) is 1. The predicted octanol–water partition coefficient (Wildman–Crippen LogP) is 3.80. The molecule has 6 heteroatoms. The topological polar surface area (TPSA) is 75.7 Å². The lowest BCUT2D eigenvalue weighted by atomic mass is 9.94. The minimum atomic E-state index is -0.176. The molecular weight excluding hydrogens is 344 g/mol. The van der Waals surface area contributed by atoms with Gasteiger partial charge in [0.05, 0.1) is 5.56 Å². The molecule has 0 heterocycles. The number of nitrogens with zero attached hydrogens (tertiary/aromatic N) is 1. The monoisotopic (exact) mass is 374 g/mol. The van der Waals surface area contributed by atoms with Gasteiger partial charge in [0.25, 0.3) is 5.91 Å². The molecule has 0 aliphatic heterocycles. The van der Waals surface area contributed by atoms with Gasteiger partial charge >= 0.3 is 0 Å². The molecule has 2 amide bonds. The van der Waals surface area contributed by atoms with Crippen molar-refractivity contribution in [3.63, 3.8) is 0 Å². The number of anilines is 1. The van der Waals surface area contributed by atoms with Crippen LogP contribution in [-0.4, -0.2) is 42.2 Å². The Kier molecular flexibility index (Phi) is 7.82. The number of nitrogens with one attached hydrogen (secondary N) is 1. The van der Waals surface area contributed by atoms with E-state index in [1.807, 2.05) is 14.0 Å². The van der Waals surface area contributed by atoms with Crippen LogP contribution < -0.4 is 10.1 Å². The highest BCUT2D eigenvalue weighted by molar-refractivity contribution is 5.99. The number of ether oxygens (including phenoxy) is 1. The molecule has 0 atom stereocenters. The number of hydrogen-bond acceptors (Lipinski definition) is 4. The second-order valence-electron chi connectivity index (χ2n) is 7.15. The van der Waals surface area contributed by atoms with Crippen LogP contribution in [0.15, 0.2) is 18.2 Å². The van der Waals surface area contributed by atoms with E-state index in [4.69, 9.17) is 4.74 Å². The van der Waals surface area contributed by atoms with Crippen LogP contribution >= 0.6 is 0 Å². The molecule has 0 radical (unpaired) electrons. The molecule has 0 bridgehead atoms. The van der Waals surface area contributed by atoms with E-state index in [2.05, 4.69) is 5.32 Å². The van der Waals surface area contributed by atoms with Gasteiger partial charge in [-0.3, -0.25) is 14.4 Å². The van der Waals surface area contributed by atoms with Crippen molar-refractivity contribution in [2.75, 3.05) is 19.0 Å². The van der Waals surface area contributed by atoms with E-state index in [0.29, 0.717) is 23.4 Å². The smallest absolute Gasteiger partial charge is 0.260 e. The molecule has 2 rings (SSSR count). The Morgan fingerprint density at radius 2 is 1.89 bits per heavy atom. The molecule has 148 valence electrons. The molecule has 27 heavy (non-hydrogen) atoms. The quantitative estimate of drug-likeness (QED) is 0.702. The highest BCUT2D eigenvalue weighted by Crippen LogP contribution is 2.25. The number of carbonyl (C=O) groups excluding carboxylic acids is 3. The van der Waals surface area contributed by atoms with Crippen molar-refractivity contribution in [3.8, 4) is 5.75 Å². The van der Waals surface area contributed by atoms with Gasteiger partial charge in [-0.05, 0) is 44.4 Å². The zero-order chi connectivity index (χ0) is 19.8. The van der Waals surface area contributed by atoms with Gasteiger partial charge in [-0.1, -0.05) is 26.2 Å². The number of amides is 2. The van der Waals surface area contributed by atoms with Gasteiger partial charge in [0.15, 0.2) is 12.4 Å². The van der Waals surface area contributed by atoms with E-state index in [1.54, 1.807) is 23.1 Å². The molecule has 6 nitrogen and oxygen atoms in total. The number of benzene rings is 1. The lowest BCUT2D eigenvalue weighted by molar-refractivity contribution is -0.134. The molecule has 1 aromatic carbocycles. The molecule has 1 aliphatic rings. The van der Waals surface area contributed by atoms with Gasteiger partial charge in [0, 0.05) is 25.2 Å². The standard InChI is InChI=1S/C21H30N2O4/c1-4-8-20(25)22-16-11-12-19(18(13-16)15(2)24)27-14-21(26)23(3)17-9-6-5-7-10-17/h11-13,17H,4-10,14H2,1-3H3,(H,22,25). The zero-order valence-corrected chi connectivity index (χ0v) is 16.5. The SMILES string of the molecule is CCCC(=O)Nc1ccc(OCC(=O)N(C)C2CCCCC2)c(C(C)=O)c1. The third kappa shape index (κ3) is 6.08. The summed E-state index contributed by atoms with van der Waals surface area (Å²) in [6, 6.07) is 5.19. The van der Waals surface area contributed by atoms with E-state index >= 15 is 0 Å². The Bertz CT molecular complexity index is 681. The van der Waals surface area contributed by atoms with Gasteiger partial charge in [-0.25, -0.2) is 0 Å². The van der Waals surface area contributed by atoms with Crippen LogP contribution in [0.5, 0.6) is 5.75 Å². The van der Waals surface area contributed by atoms with E-state index in [9.17, 15) is 14.4 Å². The van der Waals surface area contributed by atoms with Crippen LogP contribution in [0.2, 0.25) is 0 Å². The molecule has 1 fully saturated rings. The Hall–Kier alpha value is -2.37. The summed E-state index contributed by atoms with van der Waals surface area (Å²) >= 11 is 0. The maximum absolute atomic E-state index is 12.4. The first-order valence-corrected chi connectivity index (χ1v) is 9.75. The van der Waals surface area contributed by atoms with Crippen LogP contribution in [-0.2, 0) is 9.59 Å². The second-order valence-corrected chi connectivity index (χ2v) is 7.15. The Morgan fingerprint density at radius 3 is 2.52 bits per heavy atom. The maximum atomic E-state index is 12.4. The van der Waals surface area contributed by atoms with Gasteiger partial charge < -0.3 is 15.0 Å². The minimum Gasteiger partial charge on any atom is -0.483 e. The third-order valence-electron chi connectivity index (χ3n) is 4.99. The summed E-state index contributed by atoms with van der Waals surface area (Å²) in [5, 5.41) is 2.77. The fourth-order valence-electron chi connectivity index (χ4n) is 3.37. The summed E-state index contributed by atoms with van der Waals surface area (Å²) in [5.41, 5.74) is 0.911. The summed E-state index contributed by atoms with van der Waals surface area (Å²) < 4.78 is 5.65. The molecule has 0 unspecified atom stereocenters. The van der Waals surface area contributed by atoms with Crippen molar-refractivity contribution in [3.05, 3.63) is 23.8 Å². The summed E-state index contributed by atoms with van der Waals surface area (Å²) in [4.78, 5) is 37.9. The van der Waals surface area contributed by atoms with Crippen LogP contribution in [0.3, 0.4) is 0 Å². The van der Waals surface area contributed by atoms with E-state index in [-0.39, 0.29) is 30.2 Å². The first kappa shape index (κ1) is 20.9. The Labute approximate surface area is 161 Å². The first-order valence-electron chi connectivity index (χ1n) is 9.75. The van der Waals surface area contributed by atoms with Crippen molar-refractivity contribution in [2.24, 2.45) is 0 Å². The van der Waals surface area contributed by atoms with Gasteiger partial charge in [0.1, 0.15) is 5.75 Å².